The van der Waals surface area contributed by atoms with Crippen molar-refractivity contribution in [3.63, 3.8) is 0 Å². The molecule has 0 unspecified atom stereocenters. The second kappa shape index (κ2) is 6.44. The van der Waals surface area contributed by atoms with E-state index in [9.17, 15) is 18.4 Å². The van der Waals surface area contributed by atoms with E-state index in [4.69, 9.17) is 0 Å². The molecular formula is C21H20F2N2O2. The molecule has 1 heterocycles. The minimum atomic E-state index is -0.747. The highest BCUT2D eigenvalue weighted by molar-refractivity contribution is 6.01. The first-order chi connectivity index (χ1) is 12.9. The predicted octanol–water partition coefficient (Wildman–Crippen LogP) is 3.50. The van der Waals surface area contributed by atoms with Gasteiger partial charge in [-0.15, -0.1) is 0 Å². The van der Waals surface area contributed by atoms with E-state index in [0.717, 1.165) is 11.6 Å². The fourth-order valence-corrected chi connectivity index (χ4v) is 3.84. The minimum absolute atomic E-state index is 0.158. The number of halogens is 2. The normalized spacial score (nSPS) is 18.2. The number of nitrogens with zero attached hydrogens (tertiary/aromatic N) is 1. The summed E-state index contributed by atoms with van der Waals surface area (Å²) in [6, 6.07) is 10.0. The van der Waals surface area contributed by atoms with Crippen molar-refractivity contribution in [2.45, 2.75) is 44.3 Å². The fourth-order valence-electron chi connectivity index (χ4n) is 3.84. The Kier molecular flexibility index (Phi) is 4.21. The number of hydrogen-bond donors (Lipinski definition) is 1. The Bertz CT molecular complexity index is 904. The van der Waals surface area contributed by atoms with Crippen LogP contribution < -0.4 is 5.32 Å². The number of amides is 2. The summed E-state index contributed by atoms with van der Waals surface area (Å²) in [6.07, 6.45) is 1.69. The van der Waals surface area contributed by atoms with Gasteiger partial charge in [0.1, 0.15) is 17.7 Å². The quantitative estimate of drug-likeness (QED) is 0.876. The van der Waals surface area contributed by atoms with Crippen molar-refractivity contribution in [2.75, 3.05) is 0 Å². The van der Waals surface area contributed by atoms with Crippen LogP contribution in [0.4, 0.5) is 8.78 Å². The predicted molar refractivity (Wildman–Crippen MR) is 95.8 cm³/mol. The molecule has 1 aliphatic carbocycles. The molecule has 140 valence electrons. The Hall–Kier alpha value is -2.76. The Morgan fingerprint density at radius 2 is 1.85 bits per heavy atom. The largest absolute Gasteiger partial charge is 0.345 e. The SMILES string of the molecule is CC[C@H](C(=O)NC1(c2cc(F)cc(F)c2)CC1)N1Cc2ccccc2C1=O. The first-order valence-electron chi connectivity index (χ1n) is 9.11. The average molecular weight is 370 g/mol. The third kappa shape index (κ3) is 3.09. The van der Waals surface area contributed by atoms with Gasteiger partial charge in [-0.3, -0.25) is 9.59 Å². The molecule has 2 amide bonds. The van der Waals surface area contributed by atoms with Gasteiger partial charge >= 0.3 is 0 Å². The highest BCUT2D eigenvalue weighted by Gasteiger charge is 2.48. The molecule has 27 heavy (non-hydrogen) atoms. The van der Waals surface area contributed by atoms with Crippen LogP contribution in [0.2, 0.25) is 0 Å². The lowest BCUT2D eigenvalue weighted by Crippen LogP contribution is -2.49. The van der Waals surface area contributed by atoms with Gasteiger partial charge < -0.3 is 10.2 Å². The van der Waals surface area contributed by atoms with Gasteiger partial charge in [-0.05, 0) is 48.6 Å². The smallest absolute Gasteiger partial charge is 0.255 e. The van der Waals surface area contributed by atoms with E-state index >= 15 is 0 Å². The molecule has 0 bridgehead atoms. The Labute approximate surface area is 156 Å². The molecule has 4 nitrogen and oxygen atoms in total. The van der Waals surface area contributed by atoms with Crippen molar-refractivity contribution in [1.29, 1.82) is 0 Å². The summed E-state index contributed by atoms with van der Waals surface area (Å²) in [5.41, 5.74) is 1.21. The zero-order valence-electron chi connectivity index (χ0n) is 15.0. The lowest BCUT2D eigenvalue weighted by atomic mass is 10.0. The van der Waals surface area contributed by atoms with Gasteiger partial charge in [0.2, 0.25) is 5.91 Å². The molecule has 0 saturated heterocycles. The van der Waals surface area contributed by atoms with E-state index in [0.29, 0.717) is 36.9 Å². The van der Waals surface area contributed by atoms with Gasteiger partial charge in [-0.25, -0.2) is 8.78 Å². The maximum absolute atomic E-state index is 13.6. The van der Waals surface area contributed by atoms with Crippen LogP contribution in [-0.4, -0.2) is 22.8 Å². The van der Waals surface area contributed by atoms with Gasteiger partial charge in [0.15, 0.2) is 0 Å². The Morgan fingerprint density at radius 3 is 2.44 bits per heavy atom. The molecule has 2 aromatic carbocycles. The lowest BCUT2D eigenvalue weighted by molar-refractivity contribution is -0.127. The van der Waals surface area contributed by atoms with Crippen LogP contribution in [0, 0.1) is 11.6 Å². The molecule has 0 radical (unpaired) electrons. The van der Waals surface area contributed by atoms with E-state index in [2.05, 4.69) is 5.32 Å². The standard InChI is InChI=1S/C21H20F2N2O2/c1-2-18(25-12-13-5-3-4-6-17(13)20(25)27)19(26)24-21(7-8-21)14-9-15(22)11-16(23)10-14/h3-6,9-11,18H,2,7-8,12H2,1H3,(H,24,26)/t18-/m1/s1. The monoisotopic (exact) mass is 370 g/mol. The minimum Gasteiger partial charge on any atom is -0.345 e. The Morgan fingerprint density at radius 1 is 1.19 bits per heavy atom. The molecule has 1 N–H and O–H groups in total. The maximum Gasteiger partial charge on any atom is 0.255 e. The zero-order chi connectivity index (χ0) is 19.2. The third-order valence-electron chi connectivity index (χ3n) is 5.44. The van der Waals surface area contributed by atoms with Crippen molar-refractivity contribution in [2.24, 2.45) is 0 Å². The van der Waals surface area contributed by atoms with Crippen molar-refractivity contribution in [3.05, 3.63) is 70.8 Å². The molecular weight excluding hydrogens is 350 g/mol. The number of benzene rings is 2. The molecule has 1 aliphatic heterocycles. The summed E-state index contributed by atoms with van der Waals surface area (Å²) in [5.74, 6) is -1.78. The topological polar surface area (TPSA) is 49.4 Å². The van der Waals surface area contributed by atoms with Gasteiger partial charge in [-0.2, -0.15) is 0 Å². The van der Waals surface area contributed by atoms with E-state index in [1.54, 1.807) is 17.0 Å². The van der Waals surface area contributed by atoms with E-state index in [-0.39, 0.29) is 11.8 Å². The second-order valence-electron chi connectivity index (χ2n) is 7.24. The number of carbonyl (C=O) groups excluding carboxylic acids is 2. The van der Waals surface area contributed by atoms with Crippen LogP contribution in [0.15, 0.2) is 42.5 Å². The van der Waals surface area contributed by atoms with E-state index < -0.39 is 23.2 Å². The zero-order valence-corrected chi connectivity index (χ0v) is 15.0. The molecule has 6 heteroatoms. The summed E-state index contributed by atoms with van der Waals surface area (Å²) in [5, 5.41) is 2.95. The molecule has 1 atom stereocenters. The number of fused-ring (bicyclic) bond motifs is 1. The van der Waals surface area contributed by atoms with Gasteiger partial charge in [0.25, 0.3) is 5.91 Å². The van der Waals surface area contributed by atoms with Crippen LogP contribution >= 0.6 is 0 Å². The molecule has 2 aromatic rings. The lowest BCUT2D eigenvalue weighted by Gasteiger charge is -2.28. The number of nitrogens with one attached hydrogen (secondary N) is 1. The highest BCUT2D eigenvalue weighted by atomic mass is 19.1. The van der Waals surface area contributed by atoms with Crippen LogP contribution in [0.25, 0.3) is 0 Å². The highest BCUT2D eigenvalue weighted by Crippen LogP contribution is 2.46. The van der Waals surface area contributed by atoms with Crippen LogP contribution in [-0.2, 0) is 16.9 Å². The molecule has 0 spiro atoms. The van der Waals surface area contributed by atoms with Gasteiger partial charge in [0.05, 0.1) is 5.54 Å². The van der Waals surface area contributed by atoms with Crippen molar-refractivity contribution in [3.8, 4) is 0 Å². The van der Waals surface area contributed by atoms with E-state index in [1.807, 2.05) is 19.1 Å². The van der Waals surface area contributed by atoms with E-state index in [1.165, 1.54) is 12.1 Å². The summed E-state index contributed by atoms with van der Waals surface area (Å²) in [4.78, 5) is 27.2. The molecule has 4 rings (SSSR count). The molecule has 1 fully saturated rings. The van der Waals surface area contributed by atoms with Gasteiger partial charge in [-0.1, -0.05) is 25.1 Å². The second-order valence-corrected chi connectivity index (χ2v) is 7.24. The third-order valence-corrected chi connectivity index (χ3v) is 5.44. The van der Waals surface area contributed by atoms with Crippen LogP contribution in [0.1, 0.15) is 47.7 Å². The Balaban J connectivity index is 1.54. The molecule has 1 saturated carbocycles. The van der Waals surface area contributed by atoms with Crippen molar-refractivity contribution < 1.29 is 18.4 Å². The first kappa shape index (κ1) is 17.6. The number of carbonyl (C=O) groups is 2. The van der Waals surface area contributed by atoms with Crippen molar-refractivity contribution in [1.82, 2.24) is 10.2 Å². The van der Waals surface area contributed by atoms with Crippen LogP contribution in [0.3, 0.4) is 0 Å². The summed E-state index contributed by atoms with van der Waals surface area (Å²) < 4.78 is 27.2. The van der Waals surface area contributed by atoms with Gasteiger partial charge in [0, 0.05) is 18.2 Å². The fraction of sp³-hybridized carbons (Fsp3) is 0.333. The van der Waals surface area contributed by atoms with Crippen molar-refractivity contribution >= 4 is 11.8 Å². The summed E-state index contributed by atoms with van der Waals surface area (Å²) in [7, 11) is 0. The number of rotatable bonds is 5. The maximum atomic E-state index is 13.6. The average Bonchev–Trinajstić information content (AvgIpc) is 3.34. The summed E-state index contributed by atoms with van der Waals surface area (Å²) >= 11 is 0. The molecule has 2 aliphatic rings. The van der Waals surface area contributed by atoms with Crippen LogP contribution in [0.5, 0.6) is 0 Å². The molecule has 0 aromatic heterocycles. The first-order valence-corrected chi connectivity index (χ1v) is 9.11. The number of hydrogen-bond acceptors (Lipinski definition) is 2. The summed E-state index contributed by atoms with van der Waals surface area (Å²) in [6.45, 7) is 2.24.